The number of hydrogen-bond donors (Lipinski definition) is 2. The molecule has 0 spiro atoms. The highest BCUT2D eigenvalue weighted by atomic mass is 16.4. The summed E-state index contributed by atoms with van der Waals surface area (Å²) >= 11 is 0. The van der Waals surface area contributed by atoms with E-state index in [-0.39, 0.29) is 12.3 Å². The molecular formula is C16H27NO3. The zero-order valence-electron chi connectivity index (χ0n) is 12.6. The van der Waals surface area contributed by atoms with Crippen LogP contribution in [0.1, 0.15) is 52.4 Å². The zero-order valence-corrected chi connectivity index (χ0v) is 12.6. The Kier molecular flexibility index (Phi) is 5.06. The predicted octanol–water partition coefficient (Wildman–Crippen LogP) is 2.68. The largest absolute Gasteiger partial charge is 0.481 e. The molecule has 2 saturated carbocycles. The second-order valence-corrected chi connectivity index (χ2v) is 6.80. The summed E-state index contributed by atoms with van der Waals surface area (Å²) in [6.45, 7) is 4.94. The van der Waals surface area contributed by atoms with E-state index in [9.17, 15) is 9.59 Å². The summed E-state index contributed by atoms with van der Waals surface area (Å²) in [5.41, 5.74) is 0. The maximum absolute atomic E-state index is 12.0. The number of amides is 1. The summed E-state index contributed by atoms with van der Waals surface area (Å²) in [5.74, 6) is 1.98. The van der Waals surface area contributed by atoms with E-state index in [0.717, 1.165) is 6.42 Å². The quantitative estimate of drug-likeness (QED) is 0.719. The number of aliphatic carboxylic acids is 1. The molecule has 0 aliphatic heterocycles. The Bertz CT molecular complexity index is 357. The highest BCUT2D eigenvalue weighted by Gasteiger charge is 2.56. The minimum atomic E-state index is -0.731. The fourth-order valence-electron chi connectivity index (χ4n) is 3.83. The number of fused-ring (bicyclic) bond motifs is 1. The first kappa shape index (κ1) is 15.3. The van der Waals surface area contributed by atoms with E-state index in [2.05, 4.69) is 19.2 Å². The van der Waals surface area contributed by atoms with Gasteiger partial charge in [0.15, 0.2) is 0 Å². The summed E-state index contributed by atoms with van der Waals surface area (Å²) in [5, 5.41) is 11.8. The van der Waals surface area contributed by atoms with Gasteiger partial charge in [-0.1, -0.05) is 20.3 Å². The Hall–Kier alpha value is -1.06. The zero-order chi connectivity index (χ0) is 14.7. The van der Waals surface area contributed by atoms with E-state index >= 15 is 0 Å². The van der Waals surface area contributed by atoms with Gasteiger partial charge in [0.1, 0.15) is 0 Å². The third-order valence-corrected chi connectivity index (χ3v) is 5.20. The normalized spacial score (nSPS) is 29.1. The van der Waals surface area contributed by atoms with Crippen molar-refractivity contribution in [3.05, 3.63) is 0 Å². The summed E-state index contributed by atoms with van der Waals surface area (Å²) in [6.07, 6.45) is 5.58. The molecule has 0 saturated heterocycles. The molecule has 4 nitrogen and oxygen atoms in total. The standard InChI is InChI=1S/C16H27NO3/c1-10(2)11(6-7-14(18)19)8-9-17-16(20)15-12-4-3-5-13(12)15/h10-13,15H,3-9H2,1-2H3,(H,17,20)(H,18,19). The molecule has 2 aliphatic rings. The average molecular weight is 281 g/mol. The van der Waals surface area contributed by atoms with Crippen molar-refractivity contribution in [3.63, 3.8) is 0 Å². The predicted molar refractivity (Wildman–Crippen MR) is 77.1 cm³/mol. The van der Waals surface area contributed by atoms with Crippen molar-refractivity contribution in [2.75, 3.05) is 6.54 Å². The first-order chi connectivity index (χ1) is 9.50. The van der Waals surface area contributed by atoms with Gasteiger partial charge in [-0.3, -0.25) is 9.59 Å². The van der Waals surface area contributed by atoms with Crippen molar-refractivity contribution in [1.82, 2.24) is 5.32 Å². The van der Waals surface area contributed by atoms with E-state index in [1.54, 1.807) is 0 Å². The number of carbonyl (C=O) groups is 2. The van der Waals surface area contributed by atoms with Crippen LogP contribution in [0.3, 0.4) is 0 Å². The van der Waals surface area contributed by atoms with Crippen molar-refractivity contribution in [2.24, 2.45) is 29.6 Å². The molecule has 0 aromatic heterocycles. The van der Waals surface area contributed by atoms with Gasteiger partial charge in [0, 0.05) is 18.9 Å². The van der Waals surface area contributed by atoms with Gasteiger partial charge in [0.25, 0.3) is 0 Å². The van der Waals surface area contributed by atoms with Gasteiger partial charge in [-0.2, -0.15) is 0 Å². The Morgan fingerprint density at radius 1 is 1.20 bits per heavy atom. The van der Waals surface area contributed by atoms with Crippen LogP contribution in [0.5, 0.6) is 0 Å². The lowest BCUT2D eigenvalue weighted by molar-refractivity contribution is -0.137. The van der Waals surface area contributed by atoms with Gasteiger partial charge in [0.2, 0.25) is 5.91 Å². The lowest BCUT2D eigenvalue weighted by Gasteiger charge is -2.20. The van der Waals surface area contributed by atoms with Crippen molar-refractivity contribution in [1.29, 1.82) is 0 Å². The van der Waals surface area contributed by atoms with Gasteiger partial charge in [-0.15, -0.1) is 0 Å². The van der Waals surface area contributed by atoms with Crippen LogP contribution in [0.15, 0.2) is 0 Å². The van der Waals surface area contributed by atoms with Crippen LogP contribution in [0.4, 0.5) is 0 Å². The van der Waals surface area contributed by atoms with Gasteiger partial charge in [-0.25, -0.2) is 0 Å². The summed E-state index contributed by atoms with van der Waals surface area (Å²) in [6, 6.07) is 0. The van der Waals surface area contributed by atoms with Gasteiger partial charge in [0.05, 0.1) is 0 Å². The third kappa shape index (κ3) is 3.74. The average Bonchev–Trinajstić information content (AvgIpc) is 2.86. The van der Waals surface area contributed by atoms with Crippen molar-refractivity contribution in [3.8, 4) is 0 Å². The van der Waals surface area contributed by atoms with E-state index in [4.69, 9.17) is 5.11 Å². The molecule has 0 heterocycles. The lowest BCUT2D eigenvalue weighted by Crippen LogP contribution is -2.29. The molecule has 0 aromatic rings. The van der Waals surface area contributed by atoms with E-state index < -0.39 is 5.97 Å². The number of carboxylic acid groups (broad SMARTS) is 1. The van der Waals surface area contributed by atoms with E-state index in [1.165, 1.54) is 19.3 Å². The highest BCUT2D eigenvalue weighted by molar-refractivity contribution is 5.82. The van der Waals surface area contributed by atoms with Gasteiger partial charge >= 0.3 is 5.97 Å². The number of nitrogens with one attached hydrogen (secondary N) is 1. The van der Waals surface area contributed by atoms with Crippen LogP contribution in [-0.2, 0) is 9.59 Å². The first-order valence-corrected chi connectivity index (χ1v) is 8.00. The van der Waals surface area contributed by atoms with Crippen molar-refractivity contribution < 1.29 is 14.7 Å². The monoisotopic (exact) mass is 281 g/mol. The molecule has 0 aromatic carbocycles. The van der Waals surface area contributed by atoms with Crippen LogP contribution < -0.4 is 5.32 Å². The smallest absolute Gasteiger partial charge is 0.303 e. The fraction of sp³-hybridized carbons (Fsp3) is 0.875. The molecule has 2 fully saturated rings. The molecule has 2 N–H and O–H groups in total. The lowest BCUT2D eigenvalue weighted by atomic mass is 9.88. The number of hydrogen-bond acceptors (Lipinski definition) is 2. The van der Waals surface area contributed by atoms with Crippen molar-refractivity contribution >= 4 is 11.9 Å². The number of carboxylic acids is 1. The maximum Gasteiger partial charge on any atom is 0.303 e. The molecule has 2 aliphatic carbocycles. The van der Waals surface area contributed by atoms with Crippen LogP contribution in [0.2, 0.25) is 0 Å². The number of carbonyl (C=O) groups excluding carboxylic acids is 1. The Balaban J connectivity index is 1.65. The SMILES string of the molecule is CC(C)C(CCNC(=O)C1C2CCCC21)CCC(=O)O. The van der Waals surface area contributed by atoms with E-state index in [1.807, 2.05) is 0 Å². The summed E-state index contributed by atoms with van der Waals surface area (Å²) < 4.78 is 0. The van der Waals surface area contributed by atoms with Crippen LogP contribution in [0, 0.1) is 29.6 Å². The molecule has 2 rings (SSSR count). The molecule has 0 radical (unpaired) electrons. The molecule has 3 atom stereocenters. The fourth-order valence-corrected chi connectivity index (χ4v) is 3.83. The summed E-state index contributed by atoms with van der Waals surface area (Å²) in [4.78, 5) is 22.7. The van der Waals surface area contributed by atoms with Gasteiger partial charge in [-0.05, 0) is 49.4 Å². The Morgan fingerprint density at radius 2 is 1.85 bits per heavy atom. The number of rotatable bonds is 8. The second-order valence-electron chi connectivity index (χ2n) is 6.80. The minimum Gasteiger partial charge on any atom is -0.481 e. The molecule has 20 heavy (non-hydrogen) atoms. The third-order valence-electron chi connectivity index (χ3n) is 5.20. The molecular weight excluding hydrogens is 254 g/mol. The maximum atomic E-state index is 12.0. The molecule has 4 heteroatoms. The van der Waals surface area contributed by atoms with Crippen molar-refractivity contribution in [2.45, 2.75) is 52.4 Å². The topological polar surface area (TPSA) is 66.4 Å². The molecule has 114 valence electrons. The molecule has 3 unspecified atom stereocenters. The molecule has 1 amide bonds. The minimum absolute atomic E-state index is 0.226. The summed E-state index contributed by atoms with van der Waals surface area (Å²) in [7, 11) is 0. The van der Waals surface area contributed by atoms with Crippen LogP contribution >= 0.6 is 0 Å². The molecule has 0 bridgehead atoms. The first-order valence-electron chi connectivity index (χ1n) is 8.00. The van der Waals surface area contributed by atoms with E-state index in [0.29, 0.717) is 42.6 Å². The van der Waals surface area contributed by atoms with Crippen LogP contribution in [-0.4, -0.2) is 23.5 Å². The second kappa shape index (κ2) is 6.59. The Labute approximate surface area is 121 Å². The van der Waals surface area contributed by atoms with Gasteiger partial charge < -0.3 is 10.4 Å². The van der Waals surface area contributed by atoms with Crippen LogP contribution in [0.25, 0.3) is 0 Å². The Morgan fingerprint density at radius 3 is 2.40 bits per heavy atom. The highest BCUT2D eigenvalue weighted by Crippen LogP contribution is 2.57.